The highest BCUT2D eigenvalue weighted by molar-refractivity contribution is 8.14. The van der Waals surface area contributed by atoms with Crippen LogP contribution in [0.1, 0.15) is 66.1 Å². The third-order valence-corrected chi connectivity index (χ3v) is 23.1. The number of carbonyl (C=O) groups is 3. The van der Waals surface area contributed by atoms with Crippen molar-refractivity contribution in [3.8, 4) is 0 Å². The summed E-state index contributed by atoms with van der Waals surface area (Å²) in [5.74, 6) is 0.874. The van der Waals surface area contributed by atoms with E-state index < -0.39 is 39.5 Å². The van der Waals surface area contributed by atoms with E-state index in [0.717, 1.165) is 74.2 Å². The van der Waals surface area contributed by atoms with Gasteiger partial charge < -0.3 is 72.3 Å². The Kier molecular flexibility index (Phi) is 33.3. The molecule has 3 atom stereocenters. The third kappa shape index (κ3) is 27.5. The number of aryl methyl sites for hydroxylation is 4. The number of thioether (sulfide) groups is 3. The van der Waals surface area contributed by atoms with Crippen LogP contribution in [0.15, 0.2) is 173 Å². The van der Waals surface area contributed by atoms with E-state index in [1.807, 2.05) is 119 Å². The van der Waals surface area contributed by atoms with Crippen molar-refractivity contribution in [3.63, 3.8) is 0 Å². The first-order valence-corrected chi connectivity index (χ1v) is 42.9. The van der Waals surface area contributed by atoms with Crippen molar-refractivity contribution >= 4 is 125 Å². The lowest BCUT2D eigenvalue weighted by Crippen LogP contribution is -2.13. The second kappa shape index (κ2) is 43.1. The normalized spacial score (nSPS) is 13.0. The molecule has 0 amide bonds. The maximum Gasteiger partial charge on any atom is 0.356 e. The molecule has 9 N–H and O–H groups in total. The van der Waals surface area contributed by atoms with Crippen LogP contribution in [0, 0.1) is 27.7 Å². The first-order chi connectivity index (χ1) is 53.8. The Bertz CT molecular complexity index is 5290. The summed E-state index contributed by atoms with van der Waals surface area (Å²) >= 11 is 3.24. The zero-order chi connectivity index (χ0) is 80.1. The number of nitrogens with one attached hydrogen (secondary N) is 3. The monoisotopic (exact) mass is 1650 g/mol. The van der Waals surface area contributed by atoms with Crippen LogP contribution in [-0.4, -0.2) is 150 Å². The van der Waals surface area contributed by atoms with E-state index in [1.165, 1.54) is 25.1 Å². The van der Waals surface area contributed by atoms with E-state index in [0.29, 0.717) is 45.3 Å². The van der Waals surface area contributed by atoms with Gasteiger partial charge in [-0.15, -0.1) is 6.58 Å². The number of aromatic amines is 3. The smallest absolute Gasteiger partial charge is 0.356 e. The summed E-state index contributed by atoms with van der Waals surface area (Å²) in [6.07, 6.45) is 5.29. The molecule has 0 aliphatic heterocycles. The van der Waals surface area contributed by atoms with Crippen molar-refractivity contribution in [1.29, 1.82) is 0 Å². The number of hydrogen-bond donors (Lipinski definition) is 6. The SMILES string of the molecule is C=CCC(=O)SCCOP(=O)(COCCn1cnc2c(=O)[nH]c(N)nc21)OCc1ccc(C)cc1.Cc1ccc(COP(=O)(COCCn2cnc3c(=O)[nH]c(N)nc32)OCCSC(=O)c2ccc(C)cc2)cc1.Cc1ccc(COP(=O)(COCCn2cnc3c(=O)[nH]c(N)nc32)OCCSC(=O)c2ccccc2)cc1. The van der Waals surface area contributed by atoms with E-state index in [-0.39, 0.29) is 154 Å². The van der Waals surface area contributed by atoms with Crippen LogP contribution in [-0.2, 0) is 99.3 Å². The zero-order valence-electron chi connectivity index (χ0n) is 61.7. The van der Waals surface area contributed by atoms with Gasteiger partial charge in [-0.1, -0.05) is 191 Å². The van der Waals surface area contributed by atoms with Gasteiger partial charge in [0.25, 0.3) is 16.7 Å². The molecule has 3 unspecified atom stereocenters. The first-order valence-electron chi connectivity index (χ1n) is 34.7. The molecule has 0 saturated heterocycles. The Hall–Kier alpha value is -9.32. The molecule has 0 bridgehead atoms. The fourth-order valence-electron chi connectivity index (χ4n) is 9.89. The molecule has 0 saturated carbocycles. The largest absolute Gasteiger partial charge is 0.369 e. The Labute approximate surface area is 655 Å². The van der Waals surface area contributed by atoms with E-state index in [1.54, 1.807) is 50.1 Å². The highest BCUT2D eigenvalue weighted by atomic mass is 32.2. The number of imidazole rings is 3. The van der Waals surface area contributed by atoms with Crippen molar-refractivity contribution in [3.05, 3.63) is 240 Å². The zero-order valence-corrected chi connectivity index (χ0v) is 66.9. The summed E-state index contributed by atoms with van der Waals surface area (Å²) in [5.41, 5.74) is 25.1. The number of H-pyrrole nitrogens is 3. The molecule has 594 valence electrons. The third-order valence-electron chi connectivity index (χ3n) is 15.8. The molecule has 6 heterocycles. The minimum absolute atomic E-state index is 0.0167. The van der Waals surface area contributed by atoms with Crippen LogP contribution >= 0.6 is 58.1 Å². The molecule has 33 nitrogen and oxygen atoms in total. The van der Waals surface area contributed by atoms with Gasteiger partial charge in [0, 0.05) is 54.4 Å². The van der Waals surface area contributed by atoms with Gasteiger partial charge in [-0.25, -0.2) is 15.0 Å². The van der Waals surface area contributed by atoms with Gasteiger partial charge in [-0.2, -0.15) is 15.0 Å². The highest BCUT2D eigenvalue weighted by Crippen LogP contribution is 2.51. The number of ether oxygens (including phenoxy) is 3. The molecule has 0 aliphatic carbocycles. The maximum absolute atomic E-state index is 13.5. The quantitative estimate of drug-likeness (QED) is 0.0118. The molecular weight excluding hydrogens is 1560 g/mol. The number of anilines is 3. The van der Waals surface area contributed by atoms with Crippen LogP contribution in [0.25, 0.3) is 33.5 Å². The standard InChI is InChI=1S/C26H30N5O6PS.C25H28N5O6PS.C22H28N5O6PS/c1-18-3-7-20(8-4-18)15-37-38(34,36-13-14-39-25(33)21-9-5-19(2)6-10-21)17-35-12-11-31-16-28-22-23(31)29-26(27)30-24(22)32;1-18-7-9-19(10-8-18)15-36-37(33,35-13-14-38-24(32)20-5-3-2-4-6-20)17-34-12-11-30-16-27-21-22(30)28-25(26)29-23(21)31;1-3-4-18(28)35-12-11-32-34(30,33-13-17-7-5-16(2)6-8-17)15-31-10-9-27-14-24-19-20(27)25-22(23)26-21(19)29/h3-10,16H,11-15,17H2,1-2H3,(H3,27,29,30,32);2-10,16H,11-15,17H2,1H3,(H3,26,28,29,31);3,5-8,14H,1,4,9-13,15H2,2H3,(H3,23,25,26,29). The molecule has 0 aliphatic rings. The molecule has 11 aromatic rings. The first kappa shape index (κ1) is 86.7. The van der Waals surface area contributed by atoms with Gasteiger partial charge in [-0.05, 0) is 44.4 Å². The van der Waals surface area contributed by atoms with Crippen LogP contribution < -0.4 is 33.9 Å². The lowest BCUT2D eigenvalue weighted by molar-refractivity contribution is -0.110. The van der Waals surface area contributed by atoms with E-state index in [9.17, 15) is 42.5 Å². The number of nitrogens with zero attached hydrogens (tertiary/aromatic N) is 9. The second-order valence-electron chi connectivity index (χ2n) is 24.6. The minimum Gasteiger partial charge on any atom is -0.369 e. The number of fused-ring (bicyclic) bond motifs is 3. The van der Waals surface area contributed by atoms with Crippen molar-refractivity contribution < 1.29 is 69.4 Å². The summed E-state index contributed by atoms with van der Waals surface area (Å²) in [5, 5.41) is -0.233. The molecule has 11 rings (SSSR count). The number of allylic oxidation sites excluding steroid dienone is 1. The van der Waals surface area contributed by atoms with Gasteiger partial charge in [0.2, 0.25) is 28.1 Å². The van der Waals surface area contributed by atoms with E-state index >= 15 is 0 Å². The average molecular weight is 1650 g/mol. The van der Waals surface area contributed by atoms with E-state index in [2.05, 4.69) is 51.4 Å². The maximum atomic E-state index is 13.5. The number of benzene rings is 5. The fourth-order valence-corrected chi connectivity index (χ4v) is 16.1. The minimum atomic E-state index is -3.67. The molecule has 5 aromatic carbocycles. The number of rotatable bonds is 40. The molecule has 0 spiro atoms. The van der Waals surface area contributed by atoms with Gasteiger partial charge in [0.05, 0.1) is 78.4 Å². The Morgan fingerprint density at radius 3 is 1.05 bits per heavy atom. The molecular formula is C73H86N15O18P3S3. The van der Waals surface area contributed by atoms with Gasteiger partial charge in [0.15, 0.2) is 38.6 Å². The van der Waals surface area contributed by atoms with Crippen molar-refractivity contribution in [2.24, 2.45) is 0 Å². The molecule has 6 aromatic heterocycles. The fraction of sp³-hybridized carbons (Fsp3) is 0.315. The number of aromatic nitrogens is 12. The van der Waals surface area contributed by atoms with Crippen molar-refractivity contribution in [2.75, 3.05) is 93.1 Å². The lowest BCUT2D eigenvalue weighted by atomic mass is 10.2. The predicted molar refractivity (Wildman–Crippen MR) is 432 cm³/mol. The summed E-state index contributed by atoms with van der Waals surface area (Å²) in [4.78, 5) is 104. The topological polar surface area (TPSA) is 454 Å². The Morgan fingerprint density at radius 1 is 0.429 bits per heavy atom. The van der Waals surface area contributed by atoms with Gasteiger partial charge >= 0.3 is 22.8 Å². The van der Waals surface area contributed by atoms with Gasteiger partial charge in [0.1, 0.15) is 19.0 Å². The number of carbonyl (C=O) groups excluding carboxylic acids is 3. The van der Waals surface area contributed by atoms with Crippen LogP contribution in [0.4, 0.5) is 17.8 Å². The highest BCUT2D eigenvalue weighted by Gasteiger charge is 2.29. The van der Waals surface area contributed by atoms with Gasteiger partial charge in [-0.3, -0.25) is 57.4 Å². The van der Waals surface area contributed by atoms with Crippen molar-refractivity contribution in [2.45, 2.75) is 73.6 Å². The van der Waals surface area contributed by atoms with Crippen LogP contribution in [0.5, 0.6) is 0 Å². The summed E-state index contributed by atoms with van der Waals surface area (Å²) in [7, 11) is -11.0. The van der Waals surface area contributed by atoms with E-state index in [4.69, 9.17) is 58.6 Å². The molecule has 39 heteroatoms. The average Bonchev–Trinajstić information content (AvgIpc) is 1.66. The Morgan fingerprint density at radius 2 is 0.732 bits per heavy atom. The van der Waals surface area contributed by atoms with Crippen molar-refractivity contribution in [1.82, 2.24) is 58.6 Å². The molecule has 112 heavy (non-hydrogen) atoms. The Balaban J connectivity index is 0.000000193. The lowest BCUT2D eigenvalue weighted by Gasteiger charge is -2.19. The number of nitrogens with two attached hydrogens (primary N) is 3. The summed E-state index contributed by atoms with van der Waals surface area (Å²) < 4.78 is 96.0. The summed E-state index contributed by atoms with van der Waals surface area (Å²) in [6.45, 7) is 13.0. The van der Waals surface area contributed by atoms with Crippen LogP contribution in [0.3, 0.4) is 0 Å². The number of hydrogen-bond acceptors (Lipinski definition) is 30. The molecule has 0 fully saturated rings. The summed E-state index contributed by atoms with van der Waals surface area (Å²) in [6, 6.07) is 39.2. The van der Waals surface area contributed by atoms with Crippen LogP contribution in [0.2, 0.25) is 0 Å². The molecule has 0 radical (unpaired) electrons. The predicted octanol–water partition coefficient (Wildman–Crippen LogP) is 11.5. The number of nitrogen functional groups attached to an aromatic ring is 3. The second-order valence-corrected chi connectivity index (χ2v) is 33.9.